The highest BCUT2D eigenvalue weighted by Crippen LogP contribution is 2.13. The van der Waals surface area contributed by atoms with Crippen molar-refractivity contribution in [1.82, 2.24) is 9.80 Å². The molecule has 0 aliphatic carbocycles. The standard InChI is InChI=1S/C19H19FN2O2/c20-17-8-6-16(7-9-17)18(23)10-11-21-13-19(24)22(14-21)12-15-4-2-1-3-5-15/h1-9H,10-14H2. The molecule has 2 aromatic rings. The minimum atomic E-state index is -0.353. The van der Waals surface area contributed by atoms with Crippen molar-refractivity contribution in [2.75, 3.05) is 19.8 Å². The Bertz CT molecular complexity index is 716. The molecule has 4 nitrogen and oxygen atoms in total. The summed E-state index contributed by atoms with van der Waals surface area (Å²) < 4.78 is 12.9. The summed E-state index contributed by atoms with van der Waals surface area (Å²) in [6.45, 7) is 1.98. The number of Topliss-reactive ketones (excluding diaryl/α,β-unsaturated/α-hetero) is 1. The van der Waals surface area contributed by atoms with Crippen molar-refractivity contribution in [3.8, 4) is 0 Å². The number of halogens is 1. The number of rotatable bonds is 6. The number of ketones is 1. The highest BCUT2D eigenvalue weighted by Gasteiger charge is 2.27. The monoisotopic (exact) mass is 326 g/mol. The molecule has 1 fully saturated rings. The maximum Gasteiger partial charge on any atom is 0.238 e. The van der Waals surface area contributed by atoms with Gasteiger partial charge in [0.1, 0.15) is 5.82 Å². The molecule has 1 saturated heterocycles. The highest BCUT2D eigenvalue weighted by molar-refractivity contribution is 5.96. The van der Waals surface area contributed by atoms with Gasteiger partial charge < -0.3 is 4.90 Å². The maximum absolute atomic E-state index is 12.9. The fraction of sp³-hybridized carbons (Fsp3) is 0.263. The van der Waals surface area contributed by atoms with Crippen molar-refractivity contribution in [2.45, 2.75) is 13.0 Å². The van der Waals surface area contributed by atoms with Crippen molar-refractivity contribution in [1.29, 1.82) is 0 Å². The number of hydrogen-bond donors (Lipinski definition) is 0. The van der Waals surface area contributed by atoms with Gasteiger partial charge in [-0.25, -0.2) is 4.39 Å². The molecule has 1 amide bonds. The Hall–Kier alpha value is -2.53. The first-order valence-corrected chi connectivity index (χ1v) is 7.94. The average molecular weight is 326 g/mol. The van der Waals surface area contributed by atoms with Crippen LogP contribution in [0.2, 0.25) is 0 Å². The molecule has 5 heteroatoms. The smallest absolute Gasteiger partial charge is 0.238 e. The van der Waals surface area contributed by atoms with E-state index in [1.165, 1.54) is 24.3 Å². The summed E-state index contributed by atoms with van der Waals surface area (Å²) in [5.41, 5.74) is 1.60. The first-order valence-electron chi connectivity index (χ1n) is 7.94. The number of carbonyl (C=O) groups is 2. The third kappa shape index (κ3) is 4.06. The van der Waals surface area contributed by atoms with E-state index < -0.39 is 0 Å². The normalized spacial score (nSPS) is 15.0. The molecule has 0 unspecified atom stereocenters. The van der Waals surface area contributed by atoms with Crippen molar-refractivity contribution in [3.63, 3.8) is 0 Å². The van der Waals surface area contributed by atoms with Crippen LogP contribution >= 0.6 is 0 Å². The van der Waals surface area contributed by atoms with Crippen LogP contribution in [0.5, 0.6) is 0 Å². The number of benzene rings is 2. The minimum Gasteiger partial charge on any atom is -0.324 e. The van der Waals surface area contributed by atoms with Crippen LogP contribution in [0.15, 0.2) is 54.6 Å². The molecule has 0 bridgehead atoms. The second-order valence-electron chi connectivity index (χ2n) is 5.95. The Morgan fingerprint density at radius 1 is 1.04 bits per heavy atom. The zero-order valence-electron chi connectivity index (χ0n) is 13.3. The zero-order chi connectivity index (χ0) is 16.9. The average Bonchev–Trinajstić information content (AvgIpc) is 2.94. The van der Waals surface area contributed by atoms with Gasteiger partial charge in [0.05, 0.1) is 13.2 Å². The summed E-state index contributed by atoms with van der Waals surface area (Å²) >= 11 is 0. The Labute approximate surface area is 140 Å². The van der Waals surface area contributed by atoms with E-state index in [2.05, 4.69) is 0 Å². The lowest BCUT2D eigenvalue weighted by Gasteiger charge is -2.18. The van der Waals surface area contributed by atoms with Gasteiger partial charge in [0.25, 0.3) is 0 Å². The predicted octanol–water partition coefficient (Wildman–Crippen LogP) is 2.70. The van der Waals surface area contributed by atoms with Crippen LogP contribution in [0.25, 0.3) is 0 Å². The fourth-order valence-electron chi connectivity index (χ4n) is 2.79. The van der Waals surface area contributed by atoms with Gasteiger partial charge in [-0.15, -0.1) is 0 Å². The molecular formula is C19H19FN2O2. The second-order valence-corrected chi connectivity index (χ2v) is 5.95. The molecule has 0 aromatic heterocycles. The fourth-order valence-corrected chi connectivity index (χ4v) is 2.79. The molecule has 1 aliphatic heterocycles. The maximum atomic E-state index is 12.9. The molecule has 1 heterocycles. The van der Waals surface area contributed by atoms with E-state index in [-0.39, 0.29) is 17.5 Å². The van der Waals surface area contributed by atoms with Gasteiger partial charge in [0.2, 0.25) is 5.91 Å². The van der Waals surface area contributed by atoms with Gasteiger partial charge in [-0.05, 0) is 29.8 Å². The van der Waals surface area contributed by atoms with E-state index >= 15 is 0 Å². The van der Waals surface area contributed by atoms with Gasteiger partial charge in [0, 0.05) is 25.1 Å². The van der Waals surface area contributed by atoms with Crippen molar-refractivity contribution < 1.29 is 14.0 Å². The number of carbonyl (C=O) groups excluding carboxylic acids is 2. The number of hydrogen-bond acceptors (Lipinski definition) is 3. The lowest BCUT2D eigenvalue weighted by molar-refractivity contribution is -0.127. The van der Waals surface area contributed by atoms with E-state index in [4.69, 9.17) is 0 Å². The minimum absolute atomic E-state index is 0.0380. The topological polar surface area (TPSA) is 40.6 Å². The van der Waals surface area contributed by atoms with Crippen LogP contribution in [0, 0.1) is 5.82 Å². The van der Waals surface area contributed by atoms with Crippen LogP contribution in [0.3, 0.4) is 0 Å². The van der Waals surface area contributed by atoms with Crippen LogP contribution < -0.4 is 0 Å². The van der Waals surface area contributed by atoms with Crippen molar-refractivity contribution >= 4 is 11.7 Å². The predicted molar refractivity (Wildman–Crippen MR) is 88.8 cm³/mol. The lowest BCUT2D eigenvalue weighted by atomic mass is 10.1. The summed E-state index contributed by atoms with van der Waals surface area (Å²) in [4.78, 5) is 28.0. The molecule has 2 aromatic carbocycles. The summed E-state index contributed by atoms with van der Waals surface area (Å²) in [6, 6.07) is 15.4. The molecule has 24 heavy (non-hydrogen) atoms. The van der Waals surface area contributed by atoms with Gasteiger partial charge in [0.15, 0.2) is 5.78 Å². The van der Waals surface area contributed by atoms with Crippen molar-refractivity contribution in [3.05, 3.63) is 71.5 Å². The quantitative estimate of drug-likeness (QED) is 0.767. The molecule has 0 spiro atoms. The molecule has 124 valence electrons. The molecule has 0 radical (unpaired) electrons. The Balaban J connectivity index is 1.51. The van der Waals surface area contributed by atoms with E-state index in [1.54, 1.807) is 4.90 Å². The molecule has 0 saturated carbocycles. The summed E-state index contributed by atoms with van der Waals surface area (Å²) in [6.07, 6.45) is 0.318. The molecule has 0 atom stereocenters. The Morgan fingerprint density at radius 2 is 1.75 bits per heavy atom. The molecule has 1 aliphatic rings. The van der Waals surface area contributed by atoms with Gasteiger partial charge >= 0.3 is 0 Å². The third-order valence-corrected chi connectivity index (χ3v) is 4.12. The van der Waals surface area contributed by atoms with Gasteiger partial charge in [-0.2, -0.15) is 0 Å². The van der Waals surface area contributed by atoms with Crippen LogP contribution in [0.4, 0.5) is 4.39 Å². The van der Waals surface area contributed by atoms with Crippen LogP contribution in [0.1, 0.15) is 22.3 Å². The summed E-state index contributed by atoms with van der Waals surface area (Å²) in [5.74, 6) is -0.315. The Morgan fingerprint density at radius 3 is 2.46 bits per heavy atom. The van der Waals surface area contributed by atoms with E-state index in [9.17, 15) is 14.0 Å². The largest absolute Gasteiger partial charge is 0.324 e. The summed E-state index contributed by atoms with van der Waals surface area (Å²) in [7, 11) is 0. The van der Waals surface area contributed by atoms with E-state index in [0.717, 1.165) is 5.56 Å². The molecule has 3 rings (SSSR count). The first kappa shape index (κ1) is 16.3. The van der Waals surface area contributed by atoms with Crippen molar-refractivity contribution in [2.24, 2.45) is 0 Å². The third-order valence-electron chi connectivity index (χ3n) is 4.12. The van der Waals surface area contributed by atoms with E-state index in [0.29, 0.717) is 38.3 Å². The van der Waals surface area contributed by atoms with E-state index in [1.807, 2.05) is 35.2 Å². The molecular weight excluding hydrogens is 307 g/mol. The SMILES string of the molecule is O=C(CCN1CC(=O)N(Cc2ccccc2)C1)c1ccc(F)cc1. The zero-order valence-corrected chi connectivity index (χ0v) is 13.3. The Kier molecular flexibility index (Phi) is 5.01. The van der Waals surface area contributed by atoms with Gasteiger partial charge in [-0.1, -0.05) is 30.3 Å². The van der Waals surface area contributed by atoms with Crippen LogP contribution in [-0.4, -0.2) is 41.2 Å². The lowest BCUT2D eigenvalue weighted by Crippen LogP contribution is -2.28. The first-order chi connectivity index (χ1) is 11.6. The van der Waals surface area contributed by atoms with Crippen LogP contribution in [-0.2, 0) is 11.3 Å². The van der Waals surface area contributed by atoms with Gasteiger partial charge in [-0.3, -0.25) is 14.5 Å². The molecule has 0 N–H and O–H groups in total. The highest BCUT2D eigenvalue weighted by atomic mass is 19.1. The summed E-state index contributed by atoms with van der Waals surface area (Å²) in [5, 5.41) is 0. The number of amides is 1. The second kappa shape index (κ2) is 7.36. The number of nitrogens with zero attached hydrogens (tertiary/aromatic N) is 2.